The standard InChI is InChI=1S/C26H21N3O4S2/c1-15(30)16-5-4-6-17(13-16)27-26-29(18-7-9-19(31)10-8-18)24(32)23(35-26)25-28(2)21-14-20(33-3)11-12-22(21)34-25/h4-14,31H,1-3H3/b25-23-,27-26?. The maximum absolute atomic E-state index is 13.8. The van der Waals surface area contributed by atoms with Crippen molar-refractivity contribution in [3.8, 4) is 11.5 Å². The van der Waals surface area contributed by atoms with Crippen LogP contribution in [-0.2, 0) is 4.79 Å². The zero-order chi connectivity index (χ0) is 24.7. The van der Waals surface area contributed by atoms with Crippen molar-refractivity contribution in [3.63, 3.8) is 0 Å². The average Bonchev–Trinajstić information content (AvgIpc) is 3.35. The second kappa shape index (κ2) is 9.16. The predicted molar refractivity (Wildman–Crippen MR) is 141 cm³/mol. The van der Waals surface area contributed by atoms with Crippen molar-refractivity contribution in [1.29, 1.82) is 0 Å². The molecule has 0 bridgehead atoms. The summed E-state index contributed by atoms with van der Waals surface area (Å²) in [7, 11) is 3.55. The highest BCUT2D eigenvalue weighted by molar-refractivity contribution is 8.20. The molecule has 1 fully saturated rings. The summed E-state index contributed by atoms with van der Waals surface area (Å²) in [5, 5.41) is 11.0. The lowest BCUT2D eigenvalue weighted by atomic mass is 10.1. The fraction of sp³-hybridized carbons (Fsp3) is 0.115. The molecule has 0 spiro atoms. The van der Waals surface area contributed by atoms with Crippen LogP contribution in [0.15, 0.2) is 86.6 Å². The SMILES string of the molecule is COc1ccc2c(c1)N(C)/C(=C1/SC(=Nc3cccc(C(C)=O)c3)N(c3ccc(O)cc3)C1=O)S2. The number of anilines is 2. The number of aromatic hydroxyl groups is 1. The number of hydrogen-bond acceptors (Lipinski definition) is 8. The van der Waals surface area contributed by atoms with E-state index in [-0.39, 0.29) is 17.4 Å². The maximum atomic E-state index is 13.8. The molecule has 1 amide bonds. The molecule has 2 heterocycles. The highest BCUT2D eigenvalue weighted by atomic mass is 32.2. The molecule has 3 aromatic rings. The van der Waals surface area contributed by atoms with Gasteiger partial charge in [-0.2, -0.15) is 0 Å². The van der Waals surface area contributed by atoms with Crippen molar-refractivity contribution in [2.45, 2.75) is 11.8 Å². The van der Waals surface area contributed by atoms with Gasteiger partial charge in [0.15, 0.2) is 11.0 Å². The van der Waals surface area contributed by atoms with Gasteiger partial charge in [-0.15, -0.1) is 0 Å². The van der Waals surface area contributed by atoms with Crippen LogP contribution in [0.25, 0.3) is 0 Å². The molecule has 5 rings (SSSR count). The van der Waals surface area contributed by atoms with E-state index in [1.165, 1.54) is 47.5 Å². The molecule has 2 aliphatic heterocycles. The minimum atomic E-state index is -0.212. The summed E-state index contributed by atoms with van der Waals surface area (Å²) in [4.78, 5) is 35.4. The van der Waals surface area contributed by atoms with Gasteiger partial charge in [0.05, 0.1) is 29.2 Å². The van der Waals surface area contributed by atoms with Crippen LogP contribution in [0.5, 0.6) is 11.5 Å². The molecule has 0 atom stereocenters. The molecular formula is C26H21N3O4S2. The molecule has 35 heavy (non-hydrogen) atoms. The quantitative estimate of drug-likeness (QED) is 0.357. The lowest BCUT2D eigenvalue weighted by molar-refractivity contribution is -0.113. The number of ketones is 1. The number of methoxy groups -OCH3 is 1. The van der Waals surface area contributed by atoms with Gasteiger partial charge in [-0.3, -0.25) is 14.5 Å². The lowest BCUT2D eigenvalue weighted by Gasteiger charge is -2.17. The first-order valence-electron chi connectivity index (χ1n) is 10.7. The van der Waals surface area contributed by atoms with Gasteiger partial charge < -0.3 is 14.7 Å². The van der Waals surface area contributed by atoms with Crippen LogP contribution in [0, 0.1) is 0 Å². The Balaban J connectivity index is 1.60. The van der Waals surface area contributed by atoms with Crippen LogP contribution >= 0.6 is 23.5 Å². The van der Waals surface area contributed by atoms with Crippen molar-refractivity contribution in [2.24, 2.45) is 4.99 Å². The summed E-state index contributed by atoms with van der Waals surface area (Å²) in [6, 6.07) is 19.2. The zero-order valence-electron chi connectivity index (χ0n) is 19.2. The van der Waals surface area contributed by atoms with E-state index in [1.807, 2.05) is 30.1 Å². The van der Waals surface area contributed by atoms with Gasteiger partial charge >= 0.3 is 0 Å². The number of rotatable bonds is 4. The van der Waals surface area contributed by atoms with Crippen molar-refractivity contribution in [3.05, 3.63) is 82.2 Å². The Morgan fingerprint density at radius 1 is 1.03 bits per heavy atom. The number of carbonyl (C=O) groups is 2. The molecule has 0 radical (unpaired) electrons. The Kier molecular flexibility index (Phi) is 6.04. The molecule has 0 saturated carbocycles. The summed E-state index contributed by atoms with van der Waals surface area (Å²) >= 11 is 2.80. The van der Waals surface area contributed by atoms with E-state index >= 15 is 0 Å². The van der Waals surface area contributed by atoms with Crippen LogP contribution < -0.4 is 14.5 Å². The third-order valence-electron chi connectivity index (χ3n) is 5.60. The summed E-state index contributed by atoms with van der Waals surface area (Å²) < 4.78 is 5.37. The van der Waals surface area contributed by atoms with Crippen molar-refractivity contribution in [1.82, 2.24) is 0 Å². The van der Waals surface area contributed by atoms with Crippen molar-refractivity contribution < 1.29 is 19.4 Å². The Bertz CT molecular complexity index is 1420. The van der Waals surface area contributed by atoms with Gasteiger partial charge in [-0.25, -0.2) is 4.99 Å². The molecule has 3 aromatic carbocycles. The first-order chi connectivity index (χ1) is 16.9. The second-order valence-corrected chi connectivity index (χ2v) is 9.90. The van der Waals surface area contributed by atoms with Crippen LogP contribution in [0.1, 0.15) is 17.3 Å². The van der Waals surface area contributed by atoms with E-state index in [1.54, 1.807) is 43.5 Å². The van der Waals surface area contributed by atoms with E-state index < -0.39 is 0 Å². The zero-order valence-corrected chi connectivity index (χ0v) is 20.8. The van der Waals surface area contributed by atoms with Gasteiger partial charge in [0.2, 0.25) is 0 Å². The minimum Gasteiger partial charge on any atom is -0.508 e. The minimum absolute atomic E-state index is 0.0578. The van der Waals surface area contributed by atoms with E-state index in [0.717, 1.165) is 21.4 Å². The van der Waals surface area contributed by atoms with E-state index in [0.29, 0.717) is 27.0 Å². The summed E-state index contributed by atoms with van der Waals surface area (Å²) in [6.45, 7) is 1.51. The highest BCUT2D eigenvalue weighted by Crippen LogP contribution is 2.51. The molecule has 0 unspecified atom stereocenters. The van der Waals surface area contributed by atoms with Crippen LogP contribution in [0.2, 0.25) is 0 Å². The summed E-state index contributed by atoms with van der Waals surface area (Å²) in [5.74, 6) is 0.579. The fourth-order valence-electron chi connectivity index (χ4n) is 3.76. The van der Waals surface area contributed by atoms with Gasteiger partial charge in [-0.1, -0.05) is 23.9 Å². The summed E-state index contributed by atoms with van der Waals surface area (Å²) in [5.41, 5.74) is 2.66. The number of carbonyl (C=O) groups excluding carboxylic acids is 2. The molecule has 1 saturated heterocycles. The number of phenols is 1. The first kappa shape index (κ1) is 23.1. The average molecular weight is 504 g/mol. The van der Waals surface area contributed by atoms with Crippen LogP contribution in [-0.4, -0.2) is 36.1 Å². The number of nitrogens with zero attached hydrogens (tertiary/aromatic N) is 3. The number of amides is 1. The number of aliphatic imine (C=N–C) groups is 1. The Hall–Kier alpha value is -3.69. The number of phenolic OH excluding ortho intramolecular Hbond substituents is 1. The molecular weight excluding hydrogens is 482 g/mol. The molecule has 2 aliphatic rings. The van der Waals surface area contributed by atoms with Gasteiger partial charge in [0.25, 0.3) is 5.91 Å². The Morgan fingerprint density at radius 3 is 2.51 bits per heavy atom. The predicted octanol–water partition coefficient (Wildman–Crippen LogP) is 5.78. The normalized spacial score (nSPS) is 18.4. The monoisotopic (exact) mass is 503 g/mol. The number of benzene rings is 3. The first-order valence-corrected chi connectivity index (χ1v) is 12.3. The largest absolute Gasteiger partial charge is 0.508 e. The fourth-order valence-corrected chi connectivity index (χ4v) is 6.09. The number of amidine groups is 1. The topological polar surface area (TPSA) is 82.4 Å². The van der Waals surface area contributed by atoms with Crippen LogP contribution in [0.4, 0.5) is 17.1 Å². The van der Waals surface area contributed by atoms with Gasteiger partial charge in [0, 0.05) is 23.6 Å². The second-order valence-electron chi connectivity index (χ2n) is 7.89. The van der Waals surface area contributed by atoms with Crippen molar-refractivity contribution >= 4 is 57.4 Å². The smallest absolute Gasteiger partial charge is 0.274 e. The van der Waals surface area contributed by atoms with E-state index in [9.17, 15) is 14.7 Å². The molecule has 7 nitrogen and oxygen atoms in total. The van der Waals surface area contributed by atoms with Crippen molar-refractivity contribution in [2.75, 3.05) is 24.0 Å². The summed E-state index contributed by atoms with van der Waals surface area (Å²) in [6.07, 6.45) is 0. The number of thioether (sulfide) groups is 2. The molecule has 0 aliphatic carbocycles. The number of fused-ring (bicyclic) bond motifs is 1. The number of hydrogen-bond donors (Lipinski definition) is 1. The molecule has 9 heteroatoms. The third kappa shape index (κ3) is 4.28. The van der Waals surface area contributed by atoms with Gasteiger partial charge in [-0.05, 0) is 67.2 Å². The highest BCUT2D eigenvalue weighted by Gasteiger charge is 2.40. The number of Topliss-reactive ketones (excluding diaryl/α,β-unsaturated/α-hetero) is 1. The van der Waals surface area contributed by atoms with Gasteiger partial charge in [0.1, 0.15) is 16.4 Å². The lowest BCUT2D eigenvalue weighted by Crippen LogP contribution is -2.29. The molecule has 176 valence electrons. The van der Waals surface area contributed by atoms with E-state index in [4.69, 9.17) is 9.73 Å². The Morgan fingerprint density at radius 2 is 1.80 bits per heavy atom. The van der Waals surface area contributed by atoms with Crippen LogP contribution in [0.3, 0.4) is 0 Å². The Labute approximate surface area is 211 Å². The maximum Gasteiger partial charge on any atom is 0.274 e. The third-order valence-corrected chi connectivity index (χ3v) is 7.99. The molecule has 1 N–H and O–H groups in total. The van der Waals surface area contributed by atoms with E-state index in [2.05, 4.69) is 0 Å². The molecule has 0 aromatic heterocycles. The number of ether oxygens (including phenoxy) is 1.